The first-order valence-electron chi connectivity index (χ1n) is 22.6. The summed E-state index contributed by atoms with van der Waals surface area (Å²) in [6.45, 7) is 4.96. The number of hydrogen-bond donors (Lipinski definition) is 0. The van der Waals surface area contributed by atoms with Crippen molar-refractivity contribution in [1.82, 2.24) is 19.5 Å². The summed E-state index contributed by atoms with van der Waals surface area (Å²) in [7, 11) is 0. The van der Waals surface area contributed by atoms with Crippen LogP contribution in [-0.4, -0.2) is 32.9 Å². The molecule has 0 atom stereocenters. The summed E-state index contributed by atoms with van der Waals surface area (Å²) < 4.78 is 27.0. The standard InChI is InChI=1S/C21H19N2.C20H17FN.C19H16FN.2Ir/c1-15(2)14-23-20-9-4-3-7-17(20)18-13-16(10-11-21(18)23)19-8-5-6-12-22-19;21-13-4-5-16-9-11-17(12-10-16)18-6-3-7-19(15-18)20-8-1-2-14-22-20;20-12-11-15-7-9-16(10-8-15)17-4-3-5-18(14-17)19-6-1-2-13-21-19;;/h3-9,11-13,15H,14H2,1-2H3;1-3,6,8-12,14-15H,4-5,13H2;1-10,13-14H,11-12H2;;/q2*-1;;;. The maximum Gasteiger partial charge on any atom is 0.0934 e. The van der Waals surface area contributed by atoms with Crippen molar-refractivity contribution in [2.45, 2.75) is 39.7 Å². The molecule has 0 unspecified atom stereocenters. The summed E-state index contributed by atoms with van der Waals surface area (Å²) in [5.41, 5.74) is 15.3. The van der Waals surface area contributed by atoms with E-state index in [2.05, 4.69) is 130 Å². The van der Waals surface area contributed by atoms with Gasteiger partial charge in [-0.2, -0.15) is 0 Å². The summed E-state index contributed by atoms with van der Waals surface area (Å²) in [5.74, 6) is 0.601. The minimum Gasteiger partial charge on any atom is -0.380 e. The number of aromatic nitrogens is 4. The largest absolute Gasteiger partial charge is 0.380 e. The molecular weight excluding hydrogens is 1200 g/mol. The minimum absolute atomic E-state index is 0. The number of halogens is 2. The molecule has 4 nitrogen and oxygen atoms in total. The molecule has 68 heavy (non-hydrogen) atoms. The van der Waals surface area contributed by atoms with E-state index < -0.39 is 0 Å². The number of rotatable bonds is 12. The van der Waals surface area contributed by atoms with Crippen LogP contribution in [-0.2, 0) is 59.6 Å². The van der Waals surface area contributed by atoms with Gasteiger partial charge >= 0.3 is 0 Å². The van der Waals surface area contributed by atoms with Crippen LogP contribution in [0.3, 0.4) is 0 Å². The summed E-state index contributed by atoms with van der Waals surface area (Å²) in [6.07, 6.45) is 7.27. The van der Waals surface area contributed by atoms with Gasteiger partial charge in [-0.3, -0.25) is 13.8 Å². The van der Waals surface area contributed by atoms with Crippen LogP contribution in [0, 0.1) is 18.1 Å². The molecule has 0 fully saturated rings. The molecule has 4 aromatic heterocycles. The van der Waals surface area contributed by atoms with Crippen molar-refractivity contribution >= 4 is 21.8 Å². The number of hydrogen-bond acceptors (Lipinski definition) is 3. The quantitative estimate of drug-likeness (QED) is 0.115. The minimum atomic E-state index is -0.311. The molecule has 8 heteroatoms. The average Bonchev–Trinajstić information content (AvgIpc) is 3.69. The smallest absolute Gasteiger partial charge is 0.0934 e. The van der Waals surface area contributed by atoms with Gasteiger partial charge in [-0.05, 0) is 105 Å². The first kappa shape index (κ1) is 51.1. The van der Waals surface area contributed by atoms with Crippen LogP contribution in [0.5, 0.6) is 0 Å². The number of para-hydroxylation sites is 1. The Bertz CT molecular complexity index is 3070. The van der Waals surface area contributed by atoms with E-state index in [4.69, 9.17) is 0 Å². The first-order chi connectivity index (χ1) is 32.5. The second kappa shape index (κ2) is 25.7. The molecule has 0 N–H and O–H groups in total. The molecule has 0 spiro atoms. The van der Waals surface area contributed by atoms with Gasteiger partial charge in [0.05, 0.1) is 19.0 Å². The maximum atomic E-state index is 12.3. The molecule has 346 valence electrons. The molecule has 0 saturated carbocycles. The zero-order valence-corrected chi connectivity index (χ0v) is 42.9. The fourth-order valence-electron chi connectivity index (χ4n) is 8.04. The maximum absolute atomic E-state index is 12.3. The summed E-state index contributed by atoms with van der Waals surface area (Å²) in [5, 5.41) is 2.58. The second-order valence-corrected chi connectivity index (χ2v) is 16.5. The monoisotopic (exact) mass is 1250 g/mol. The predicted octanol–water partition coefficient (Wildman–Crippen LogP) is 15.4. The summed E-state index contributed by atoms with van der Waals surface area (Å²) >= 11 is 0. The van der Waals surface area contributed by atoms with Gasteiger partial charge in [-0.1, -0.05) is 134 Å². The zero-order chi connectivity index (χ0) is 45.5. The van der Waals surface area contributed by atoms with Gasteiger partial charge < -0.3 is 14.5 Å². The normalized spacial score (nSPS) is 10.6. The fourth-order valence-corrected chi connectivity index (χ4v) is 8.04. The molecule has 10 rings (SSSR count). The van der Waals surface area contributed by atoms with E-state index in [1.54, 1.807) is 12.4 Å². The van der Waals surface area contributed by atoms with Crippen molar-refractivity contribution in [3.8, 4) is 56.0 Å². The number of aryl methyl sites for hydroxylation is 2. The predicted molar refractivity (Wildman–Crippen MR) is 269 cm³/mol. The Hall–Kier alpha value is -6.27. The number of fused-ring (bicyclic) bond motifs is 3. The van der Waals surface area contributed by atoms with Gasteiger partial charge in [0.25, 0.3) is 0 Å². The first-order valence-corrected chi connectivity index (χ1v) is 22.6. The van der Waals surface area contributed by atoms with Crippen LogP contribution in [0.4, 0.5) is 8.78 Å². The van der Waals surface area contributed by atoms with Gasteiger partial charge in [0.1, 0.15) is 0 Å². The molecule has 2 radical (unpaired) electrons. The Morgan fingerprint density at radius 3 is 1.62 bits per heavy atom. The van der Waals surface area contributed by atoms with Crippen LogP contribution in [0.25, 0.3) is 77.8 Å². The van der Waals surface area contributed by atoms with Crippen LogP contribution in [0.1, 0.15) is 31.4 Å². The van der Waals surface area contributed by atoms with E-state index in [1.807, 2.05) is 103 Å². The van der Waals surface area contributed by atoms with E-state index in [0.29, 0.717) is 18.8 Å². The molecule has 6 aromatic carbocycles. The van der Waals surface area contributed by atoms with Crippen LogP contribution in [0.15, 0.2) is 201 Å². The Kier molecular flexibility index (Phi) is 19.4. The Morgan fingerprint density at radius 1 is 0.471 bits per heavy atom. The molecule has 4 heterocycles. The molecule has 0 aliphatic rings. The zero-order valence-electron chi connectivity index (χ0n) is 38.1. The molecule has 0 aliphatic heterocycles. The number of alkyl halides is 2. The van der Waals surface area contributed by atoms with Crippen LogP contribution >= 0.6 is 0 Å². The van der Waals surface area contributed by atoms with Crippen molar-refractivity contribution in [2.75, 3.05) is 13.3 Å². The Labute approximate surface area is 426 Å². The Morgan fingerprint density at radius 2 is 1.03 bits per heavy atom. The van der Waals surface area contributed by atoms with Crippen molar-refractivity contribution in [3.63, 3.8) is 0 Å². The van der Waals surface area contributed by atoms with Crippen LogP contribution < -0.4 is 0 Å². The van der Waals surface area contributed by atoms with E-state index in [-0.39, 0.29) is 53.6 Å². The number of nitrogens with zero attached hydrogens (tertiary/aromatic N) is 4. The third kappa shape index (κ3) is 13.2. The third-order valence-corrected chi connectivity index (χ3v) is 11.3. The van der Waals surface area contributed by atoms with E-state index in [0.717, 1.165) is 74.6 Å². The Balaban J connectivity index is 0.000000166. The summed E-state index contributed by atoms with van der Waals surface area (Å²) in [6, 6.07) is 68.1. The average molecular weight is 1250 g/mol. The van der Waals surface area contributed by atoms with Crippen molar-refractivity contribution < 1.29 is 49.0 Å². The number of benzene rings is 6. The van der Waals surface area contributed by atoms with E-state index in [9.17, 15) is 8.78 Å². The van der Waals surface area contributed by atoms with Gasteiger partial charge in [-0.25, -0.2) is 0 Å². The van der Waals surface area contributed by atoms with Crippen molar-refractivity contribution in [3.05, 3.63) is 224 Å². The molecule has 0 amide bonds. The van der Waals surface area contributed by atoms with Gasteiger partial charge in [0.15, 0.2) is 0 Å². The van der Waals surface area contributed by atoms with E-state index in [1.165, 1.54) is 27.4 Å². The van der Waals surface area contributed by atoms with Crippen molar-refractivity contribution in [1.29, 1.82) is 0 Å². The second-order valence-electron chi connectivity index (χ2n) is 16.5. The molecule has 0 aliphatic carbocycles. The molecule has 0 bridgehead atoms. The number of pyridine rings is 3. The third-order valence-electron chi connectivity index (χ3n) is 11.3. The molecule has 0 saturated heterocycles. The summed E-state index contributed by atoms with van der Waals surface area (Å²) in [4.78, 5) is 13.2. The van der Waals surface area contributed by atoms with Crippen molar-refractivity contribution in [2.24, 2.45) is 5.92 Å². The van der Waals surface area contributed by atoms with Crippen LogP contribution in [0.2, 0.25) is 0 Å². The fraction of sp³-hybridized carbons (Fsp3) is 0.150. The SMILES string of the molecule is CC(C)Cn1c2c[c-]c(-c3ccccn3)cc2c2ccccc21.FCCCc1ccc(-c2cc[c-]c(-c3ccccn3)c2)cc1.FCCc1ccc(-c2cccc(-c3ccccn3)c2)cc1.[Ir].[Ir]. The molecular formula is C60H52F2Ir2N4-2. The van der Waals surface area contributed by atoms with Gasteiger partial charge in [0, 0.05) is 82.8 Å². The van der Waals surface area contributed by atoms with Gasteiger partial charge in [-0.15, -0.1) is 59.2 Å². The topological polar surface area (TPSA) is 43.6 Å². The van der Waals surface area contributed by atoms with E-state index >= 15 is 0 Å². The molecule has 10 aromatic rings. The van der Waals surface area contributed by atoms with Gasteiger partial charge in [0.2, 0.25) is 0 Å².